The van der Waals surface area contributed by atoms with Crippen molar-refractivity contribution in [1.29, 1.82) is 0 Å². The van der Waals surface area contributed by atoms with E-state index >= 15 is 0 Å². The van der Waals surface area contributed by atoms with Gasteiger partial charge in [0, 0.05) is 20.2 Å². The molecule has 1 aromatic rings. The van der Waals surface area contributed by atoms with E-state index in [1.807, 2.05) is 23.4 Å². The maximum Gasteiger partial charge on any atom is 0.322 e. The Morgan fingerprint density at radius 3 is 2.70 bits per heavy atom. The number of nitrogens with one attached hydrogen (secondary N) is 1. The van der Waals surface area contributed by atoms with Crippen molar-refractivity contribution in [2.45, 2.75) is 65.5 Å². The Bertz CT molecular complexity index is 547. The first-order chi connectivity index (χ1) is 11.0. The van der Waals surface area contributed by atoms with Crippen molar-refractivity contribution in [1.82, 2.24) is 14.7 Å². The Morgan fingerprint density at radius 2 is 2.13 bits per heavy atom. The lowest BCUT2D eigenvalue weighted by molar-refractivity contribution is 0.0540. The molecule has 1 atom stereocenters. The minimum Gasteiger partial charge on any atom is -0.382 e. The molecule has 1 aliphatic rings. The summed E-state index contributed by atoms with van der Waals surface area (Å²) in [4.78, 5) is 14.9. The molecular formula is C17H30N4O2. The van der Waals surface area contributed by atoms with Crippen LogP contribution in [-0.4, -0.2) is 46.5 Å². The number of ether oxygens (including phenoxy) is 1. The van der Waals surface area contributed by atoms with Crippen molar-refractivity contribution in [2.24, 2.45) is 0 Å². The predicted molar refractivity (Wildman–Crippen MR) is 91.8 cm³/mol. The van der Waals surface area contributed by atoms with Gasteiger partial charge in [0.25, 0.3) is 0 Å². The highest BCUT2D eigenvalue weighted by atomic mass is 16.5. The summed E-state index contributed by atoms with van der Waals surface area (Å²) >= 11 is 0. The smallest absolute Gasteiger partial charge is 0.322 e. The number of hydrogen-bond donors (Lipinski definition) is 1. The first kappa shape index (κ1) is 17.8. The number of aryl methyl sites for hydroxylation is 2. The van der Waals surface area contributed by atoms with E-state index in [0.717, 1.165) is 55.8 Å². The molecule has 2 rings (SSSR count). The summed E-state index contributed by atoms with van der Waals surface area (Å²) in [5.74, 6) is 0. The summed E-state index contributed by atoms with van der Waals surface area (Å²) in [6.45, 7) is 10.3. The Hall–Kier alpha value is -1.56. The fourth-order valence-electron chi connectivity index (χ4n) is 3.83. The molecule has 1 aromatic heterocycles. The number of nitrogens with zero attached hydrogens (tertiary/aromatic N) is 3. The Balaban J connectivity index is 2.20. The highest BCUT2D eigenvalue weighted by Gasteiger charge is 2.43. The van der Waals surface area contributed by atoms with Crippen molar-refractivity contribution >= 4 is 11.7 Å². The van der Waals surface area contributed by atoms with E-state index in [0.29, 0.717) is 6.61 Å². The van der Waals surface area contributed by atoms with Crippen LogP contribution in [0, 0.1) is 13.8 Å². The molecule has 1 saturated heterocycles. The largest absolute Gasteiger partial charge is 0.382 e. The Labute approximate surface area is 139 Å². The number of aromatic nitrogens is 2. The number of rotatable bonds is 6. The second-order valence-electron chi connectivity index (χ2n) is 6.45. The van der Waals surface area contributed by atoms with Gasteiger partial charge in [-0.05, 0) is 40.0 Å². The van der Waals surface area contributed by atoms with Gasteiger partial charge in [0.05, 0.1) is 29.2 Å². The third-order valence-electron chi connectivity index (χ3n) is 4.88. The molecule has 0 aromatic carbocycles. The van der Waals surface area contributed by atoms with Crippen LogP contribution in [0.15, 0.2) is 0 Å². The molecule has 0 spiro atoms. The van der Waals surface area contributed by atoms with Crippen LogP contribution in [0.25, 0.3) is 0 Å². The number of carbonyl (C=O) groups is 1. The molecule has 0 aliphatic carbocycles. The number of amides is 2. The zero-order valence-corrected chi connectivity index (χ0v) is 15.1. The number of anilines is 1. The van der Waals surface area contributed by atoms with Gasteiger partial charge >= 0.3 is 6.03 Å². The highest BCUT2D eigenvalue weighted by Crippen LogP contribution is 2.35. The van der Waals surface area contributed by atoms with Gasteiger partial charge in [-0.3, -0.25) is 4.68 Å². The van der Waals surface area contributed by atoms with Crippen molar-refractivity contribution in [3.05, 3.63) is 11.4 Å². The number of likely N-dealkylation sites (tertiary alicyclic amines) is 1. The lowest BCUT2D eigenvalue weighted by atomic mass is 9.91. The number of urea groups is 1. The quantitative estimate of drug-likeness (QED) is 0.874. The minimum atomic E-state index is -0.170. The molecule has 0 unspecified atom stereocenters. The first-order valence-electron chi connectivity index (χ1n) is 8.60. The molecule has 130 valence electrons. The fraction of sp³-hybridized carbons (Fsp3) is 0.765. The van der Waals surface area contributed by atoms with Crippen LogP contribution in [0.1, 0.15) is 50.9 Å². The number of hydrogen-bond acceptors (Lipinski definition) is 3. The van der Waals surface area contributed by atoms with E-state index in [1.165, 1.54) is 0 Å². The molecule has 1 fully saturated rings. The van der Waals surface area contributed by atoms with Gasteiger partial charge < -0.3 is 15.0 Å². The molecule has 2 amide bonds. The third-order valence-corrected chi connectivity index (χ3v) is 4.88. The van der Waals surface area contributed by atoms with E-state index in [4.69, 9.17) is 4.74 Å². The molecule has 1 N–H and O–H groups in total. The summed E-state index contributed by atoms with van der Waals surface area (Å²) in [6, 6.07) is -0.0325. The van der Waals surface area contributed by atoms with Crippen molar-refractivity contribution in [3.8, 4) is 0 Å². The van der Waals surface area contributed by atoms with Crippen LogP contribution >= 0.6 is 0 Å². The van der Waals surface area contributed by atoms with E-state index < -0.39 is 0 Å². The lowest BCUT2D eigenvalue weighted by Gasteiger charge is -2.38. The lowest BCUT2D eigenvalue weighted by Crippen LogP contribution is -2.52. The van der Waals surface area contributed by atoms with Gasteiger partial charge in [-0.15, -0.1) is 0 Å². The summed E-state index contributed by atoms with van der Waals surface area (Å²) in [7, 11) is 1.71. The topological polar surface area (TPSA) is 59.4 Å². The third kappa shape index (κ3) is 3.37. The number of carbonyl (C=O) groups excluding carboxylic acids is 1. The number of methoxy groups -OCH3 is 1. The molecule has 6 heteroatoms. The molecule has 0 bridgehead atoms. The maximum absolute atomic E-state index is 12.9. The second kappa shape index (κ2) is 7.34. The summed E-state index contributed by atoms with van der Waals surface area (Å²) in [5, 5.41) is 7.57. The summed E-state index contributed by atoms with van der Waals surface area (Å²) < 4.78 is 7.36. The Morgan fingerprint density at radius 1 is 1.39 bits per heavy atom. The van der Waals surface area contributed by atoms with Crippen molar-refractivity contribution in [3.63, 3.8) is 0 Å². The molecular weight excluding hydrogens is 292 g/mol. The van der Waals surface area contributed by atoms with Crippen LogP contribution in [-0.2, 0) is 11.3 Å². The van der Waals surface area contributed by atoms with Crippen molar-refractivity contribution < 1.29 is 9.53 Å². The molecule has 6 nitrogen and oxygen atoms in total. The monoisotopic (exact) mass is 322 g/mol. The normalized spacial score (nSPS) is 21.0. The van der Waals surface area contributed by atoms with Crippen LogP contribution in [0.2, 0.25) is 0 Å². The van der Waals surface area contributed by atoms with Crippen LogP contribution < -0.4 is 5.32 Å². The zero-order valence-electron chi connectivity index (χ0n) is 15.1. The predicted octanol–water partition coefficient (Wildman–Crippen LogP) is 3.33. The second-order valence-corrected chi connectivity index (χ2v) is 6.45. The minimum absolute atomic E-state index is 0.0325. The first-order valence-corrected chi connectivity index (χ1v) is 8.60. The highest BCUT2D eigenvalue weighted by molar-refractivity contribution is 5.91. The average Bonchev–Trinajstić information content (AvgIpc) is 3.04. The van der Waals surface area contributed by atoms with Gasteiger partial charge in [0.1, 0.15) is 0 Å². The van der Waals surface area contributed by atoms with Gasteiger partial charge in [-0.1, -0.05) is 13.3 Å². The van der Waals surface area contributed by atoms with E-state index in [-0.39, 0.29) is 11.6 Å². The van der Waals surface area contributed by atoms with E-state index in [9.17, 15) is 4.79 Å². The van der Waals surface area contributed by atoms with Gasteiger partial charge in [-0.25, -0.2) is 4.79 Å². The molecule has 23 heavy (non-hydrogen) atoms. The van der Waals surface area contributed by atoms with Crippen LogP contribution in [0.3, 0.4) is 0 Å². The van der Waals surface area contributed by atoms with E-state index in [2.05, 4.69) is 24.3 Å². The zero-order chi connectivity index (χ0) is 17.0. The molecule has 2 heterocycles. The Kier molecular flexibility index (Phi) is 5.68. The van der Waals surface area contributed by atoms with Gasteiger partial charge in [0.2, 0.25) is 0 Å². The SMILES string of the molecule is CCC[C@]1(COC)CCCN1C(=O)Nc1c(C)nn(CC)c1C. The molecule has 0 saturated carbocycles. The van der Waals surface area contributed by atoms with E-state index in [1.54, 1.807) is 7.11 Å². The standard InChI is InChI=1S/C17H30N4O2/c1-6-9-17(12-23-5)10-8-11-20(17)16(22)18-15-13(3)19-21(7-2)14(15)4/h6-12H2,1-5H3,(H,18,22)/t17-/m1/s1. The average molecular weight is 322 g/mol. The summed E-state index contributed by atoms with van der Waals surface area (Å²) in [5.41, 5.74) is 2.54. The summed E-state index contributed by atoms with van der Waals surface area (Å²) in [6.07, 6.45) is 4.05. The molecule has 0 radical (unpaired) electrons. The molecule has 1 aliphatic heterocycles. The maximum atomic E-state index is 12.9. The van der Waals surface area contributed by atoms with Gasteiger partial charge in [0.15, 0.2) is 0 Å². The van der Waals surface area contributed by atoms with Crippen LogP contribution in [0.4, 0.5) is 10.5 Å². The van der Waals surface area contributed by atoms with Crippen LogP contribution in [0.5, 0.6) is 0 Å². The van der Waals surface area contributed by atoms with Gasteiger partial charge in [-0.2, -0.15) is 5.10 Å². The van der Waals surface area contributed by atoms with Crippen molar-refractivity contribution in [2.75, 3.05) is 25.6 Å². The fourth-order valence-corrected chi connectivity index (χ4v) is 3.83.